The number of aryl methyl sites for hydroxylation is 1. The van der Waals surface area contributed by atoms with Crippen molar-refractivity contribution in [3.63, 3.8) is 0 Å². The number of para-hydroxylation sites is 1. The highest BCUT2D eigenvalue weighted by molar-refractivity contribution is 7.98. The minimum atomic E-state index is 0.198. The average molecular weight is 280 g/mol. The van der Waals surface area contributed by atoms with Gasteiger partial charge in [-0.3, -0.25) is 4.79 Å². The van der Waals surface area contributed by atoms with Crippen LogP contribution in [0.4, 0.5) is 5.69 Å². The fourth-order valence-corrected chi connectivity index (χ4v) is 2.92. The standard InChI is InChI=1S/C15H24N2OS/c1-4-13(11-19-3)17(2)15(18)10-9-12-7-5-6-8-14(12)16/h5-8,13H,4,9-11,16H2,1-3H3. The Balaban J connectivity index is 2.53. The second-order valence-electron chi connectivity index (χ2n) is 4.72. The highest BCUT2D eigenvalue weighted by Crippen LogP contribution is 2.15. The van der Waals surface area contributed by atoms with Gasteiger partial charge in [0.05, 0.1) is 0 Å². The van der Waals surface area contributed by atoms with Gasteiger partial charge in [0, 0.05) is 31.0 Å². The third-order valence-corrected chi connectivity index (χ3v) is 4.15. The van der Waals surface area contributed by atoms with E-state index >= 15 is 0 Å². The van der Waals surface area contributed by atoms with Gasteiger partial charge in [0.2, 0.25) is 5.91 Å². The quantitative estimate of drug-likeness (QED) is 0.781. The number of nitrogen functional groups attached to an aromatic ring is 1. The lowest BCUT2D eigenvalue weighted by molar-refractivity contribution is -0.131. The van der Waals surface area contributed by atoms with Crippen LogP contribution < -0.4 is 5.73 Å². The number of carbonyl (C=O) groups is 1. The molecule has 1 aromatic rings. The first-order valence-electron chi connectivity index (χ1n) is 6.68. The van der Waals surface area contributed by atoms with Crippen LogP contribution in [0.3, 0.4) is 0 Å². The predicted octanol–water partition coefficient (Wildman–Crippen LogP) is 2.80. The molecular weight excluding hydrogens is 256 g/mol. The van der Waals surface area contributed by atoms with Crippen molar-refractivity contribution in [1.29, 1.82) is 0 Å². The number of anilines is 1. The Bertz CT molecular complexity index is 409. The van der Waals surface area contributed by atoms with Crippen molar-refractivity contribution in [1.82, 2.24) is 4.90 Å². The molecular formula is C15H24N2OS. The summed E-state index contributed by atoms with van der Waals surface area (Å²) in [4.78, 5) is 14.1. The predicted molar refractivity (Wildman–Crippen MR) is 84.4 cm³/mol. The van der Waals surface area contributed by atoms with E-state index in [1.807, 2.05) is 36.2 Å². The van der Waals surface area contributed by atoms with E-state index in [9.17, 15) is 4.79 Å². The van der Waals surface area contributed by atoms with Crippen molar-refractivity contribution in [2.45, 2.75) is 32.2 Å². The molecule has 19 heavy (non-hydrogen) atoms. The van der Waals surface area contributed by atoms with E-state index in [1.54, 1.807) is 11.8 Å². The first-order chi connectivity index (χ1) is 9.10. The summed E-state index contributed by atoms with van der Waals surface area (Å²) in [5, 5.41) is 0. The van der Waals surface area contributed by atoms with Gasteiger partial charge >= 0.3 is 0 Å². The lowest BCUT2D eigenvalue weighted by Gasteiger charge is -2.27. The van der Waals surface area contributed by atoms with Crippen LogP contribution in [0, 0.1) is 0 Å². The molecule has 1 amide bonds. The number of hydrogen-bond donors (Lipinski definition) is 1. The van der Waals surface area contributed by atoms with E-state index < -0.39 is 0 Å². The van der Waals surface area contributed by atoms with Crippen LogP contribution >= 0.6 is 11.8 Å². The van der Waals surface area contributed by atoms with Gasteiger partial charge in [0.25, 0.3) is 0 Å². The molecule has 1 atom stereocenters. The molecule has 1 aromatic carbocycles. The molecule has 1 unspecified atom stereocenters. The SMILES string of the molecule is CCC(CSC)N(C)C(=O)CCc1ccccc1N. The minimum absolute atomic E-state index is 0.198. The van der Waals surface area contributed by atoms with Crippen molar-refractivity contribution >= 4 is 23.4 Å². The fourth-order valence-electron chi connectivity index (χ4n) is 2.08. The Morgan fingerprint density at radius 3 is 2.68 bits per heavy atom. The second kappa shape index (κ2) is 8.10. The molecule has 0 heterocycles. The number of amides is 1. The molecule has 4 heteroatoms. The van der Waals surface area contributed by atoms with Gasteiger partial charge in [-0.05, 0) is 30.7 Å². The highest BCUT2D eigenvalue weighted by Gasteiger charge is 2.17. The van der Waals surface area contributed by atoms with Gasteiger partial charge in [0.1, 0.15) is 0 Å². The molecule has 2 N–H and O–H groups in total. The fraction of sp³-hybridized carbons (Fsp3) is 0.533. The number of nitrogens with zero attached hydrogens (tertiary/aromatic N) is 1. The molecule has 0 aromatic heterocycles. The maximum absolute atomic E-state index is 12.2. The van der Waals surface area contributed by atoms with Crippen LogP contribution in [0.2, 0.25) is 0 Å². The first kappa shape index (κ1) is 15.9. The van der Waals surface area contributed by atoms with Gasteiger partial charge in [-0.15, -0.1) is 0 Å². The lowest BCUT2D eigenvalue weighted by atomic mass is 10.1. The Labute approximate surface area is 120 Å². The summed E-state index contributed by atoms with van der Waals surface area (Å²) >= 11 is 1.78. The molecule has 0 saturated carbocycles. The summed E-state index contributed by atoms with van der Waals surface area (Å²) < 4.78 is 0. The topological polar surface area (TPSA) is 46.3 Å². The van der Waals surface area contributed by atoms with Gasteiger partial charge in [-0.1, -0.05) is 25.1 Å². The zero-order valence-corrected chi connectivity index (χ0v) is 12.9. The third kappa shape index (κ3) is 4.78. The number of nitrogens with two attached hydrogens (primary N) is 1. The summed E-state index contributed by atoms with van der Waals surface area (Å²) in [6.07, 6.45) is 4.31. The molecule has 0 aliphatic heterocycles. The first-order valence-corrected chi connectivity index (χ1v) is 8.07. The summed E-state index contributed by atoms with van der Waals surface area (Å²) in [7, 11) is 1.90. The third-order valence-electron chi connectivity index (χ3n) is 3.43. The monoisotopic (exact) mass is 280 g/mol. The number of hydrogen-bond acceptors (Lipinski definition) is 3. The molecule has 0 radical (unpaired) electrons. The molecule has 0 bridgehead atoms. The Morgan fingerprint density at radius 1 is 1.42 bits per heavy atom. The molecule has 0 saturated heterocycles. The summed E-state index contributed by atoms with van der Waals surface area (Å²) in [6.45, 7) is 2.12. The Hall–Kier alpha value is -1.16. The zero-order valence-electron chi connectivity index (χ0n) is 12.1. The lowest BCUT2D eigenvalue weighted by Crippen LogP contribution is -2.38. The normalized spacial score (nSPS) is 12.2. The van der Waals surface area contributed by atoms with E-state index in [1.165, 1.54) is 0 Å². The maximum Gasteiger partial charge on any atom is 0.222 e. The maximum atomic E-state index is 12.2. The van der Waals surface area contributed by atoms with E-state index in [-0.39, 0.29) is 5.91 Å². The van der Waals surface area contributed by atoms with E-state index in [0.29, 0.717) is 18.9 Å². The van der Waals surface area contributed by atoms with Crippen molar-refractivity contribution < 1.29 is 4.79 Å². The van der Waals surface area contributed by atoms with Crippen LogP contribution in [-0.4, -0.2) is 35.9 Å². The summed E-state index contributed by atoms with van der Waals surface area (Å²) in [5.74, 6) is 1.19. The van der Waals surface area contributed by atoms with Crippen molar-refractivity contribution in [2.24, 2.45) is 0 Å². The van der Waals surface area contributed by atoms with Crippen molar-refractivity contribution in [3.8, 4) is 0 Å². The summed E-state index contributed by atoms with van der Waals surface area (Å²) in [5.41, 5.74) is 7.72. The number of benzene rings is 1. The zero-order chi connectivity index (χ0) is 14.3. The molecule has 0 spiro atoms. The Morgan fingerprint density at radius 2 is 2.11 bits per heavy atom. The average Bonchev–Trinajstić information content (AvgIpc) is 2.42. The number of carbonyl (C=O) groups excluding carboxylic acids is 1. The van der Waals surface area contributed by atoms with Gasteiger partial charge in [-0.2, -0.15) is 11.8 Å². The van der Waals surface area contributed by atoms with E-state index in [0.717, 1.165) is 23.4 Å². The van der Waals surface area contributed by atoms with Crippen LogP contribution in [0.25, 0.3) is 0 Å². The van der Waals surface area contributed by atoms with Crippen LogP contribution in [0.15, 0.2) is 24.3 Å². The van der Waals surface area contributed by atoms with Crippen LogP contribution in [0.1, 0.15) is 25.3 Å². The van der Waals surface area contributed by atoms with Gasteiger partial charge in [0.15, 0.2) is 0 Å². The van der Waals surface area contributed by atoms with Gasteiger partial charge in [-0.25, -0.2) is 0 Å². The minimum Gasteiger partial charge on any atom is -0.399 e. The number of rotatable bonds is 7. The van der Waals surface area contributed by atoms with Crippen LogP contribution in [-0.2, 0) is 11.2 Å². The molecule has 3 nitrogen and oxygen atoms in total. The summed E-state index contributed by atoms with van der Waals surface area (Å²) in [6, 6.07) is 8.07. The Kier molecular flexibility index (Phi) is 6.78. The van der Waals surface area contributed by atoms with Gasteiger partial charge < -0.3 is 10.6 Å². The smallest absolute Gasteiger partial charge is 0.222 e. The second-order valence-corrected chi connectivity index (χ2v) is 5.63. The molecule has 0 fully saturated rings. The molecule has 106 valence electrons. The number of thioether (sulfide) groups is 1. The highest BCUT2D eigenvalue weighted by atomic mass is 32.2. The van der Waals surface area contributed by atoms with Crippen LogP contribution in [0.5, 0.6) is 0 Å². The van der Waals surface area contributed by atoms with E-state index in [4.69, 9.17) is 5.73 Å². The van der Waals surface area contributed by atoms with Crippen molar-refractivity contribution in [2.75, 3.05) is 24.8 Å². The molecule has 0 aliphatic carbocycles. The molecule has 0 aliphatic rings. The van der Waals surface area contributed by atoms with E-state index in [2.05, 4.69) is 13.2 Å². The van der Waals surface area contributed by atoms with Crippen molar-refractivity contribution in [3.05, 3.63) is 29.8 Å². The largest absolute Gasteiger partial charge is 0.399 e. The molecule has 1 rings (SSSR count).